The minimum Gasteiger partial charge on any atom is -0.493 e. The number of hydrogen-bond donors (Lipinski definition) is 4. The van der Waals surface area contributed by atoms with Crippen molar-refractivity contribution >= 4 is 64.2 Å². The van der Waals surface area contributed by atoms with Crippen LogP contribution in [0.2, 0.25) is 5.02 Å². The second-order valence-corrected chi connectivity index (χ2v) is 18.5. The van der Waals surface area contributed by atoms with Crippen molar-refractivity contribution in [2.24, 2.45) is 16.7 Å². The fourth-order valence-electron chi connectivity index (χ4n) is 7.46. The van der Waals surface area contributed by atoms with Crippen molar-refractivity contribution in [1.82, 2.24) is 19.9 Å². The van der Waals surface area contributed by atoms with E-state index in [2.05, 4.69) is 30.5 Å². The zero-order chi connectivity index (χ0) is 39.3. The van der Waals surface area contributed by atoms with Crippen molar-refractivity contribution in [2.75, 3.05) is 44.0 Å². The van der Waals surface area contributed by atoms with Gasteiger partial charge in [-0.15, -0.1) is 11.3 Å². The fourth-order valence-corrected chi connectivity index (χ4v) is 9.49. The van der Waals surface area contributed by atoms with Gasteiger partial charge in [0.2, 0.25) is 5.91 Å². The van der Waals surface area contributed by atoms with E-state index in [0.29, 0.717) is 51.7 Å². The van der Waals surface area contributed by atoms with Crippen molar-refractivity contribution in [3.05, 3.63) is 58.8 Å². The van der Waals surface area contributed by atoms with E-state index in [0.717, 1.165) is 49.2 Å². The van der Waals surface area contributed by atoms with E-state index in [4.69, 9.17) is 25.6 Å². The number of carbonyl (C=O) groups excluding carboxylic acids is 1. The number of ether oxygens (including phenoxy) is 2. The third-order valence-electron chi connectivity index (χ3n) is 10.0. The number of rotatable bonds is 15. The molecule has 0 atom stereocenters. The number of thiazole rings is 1. The van der Waals surface area contributed by atoms with E-state index < -0.39 is 24.3 Å². The van der Waals surface area contributed by atoms with Gasteiger partial charge in [0.05, 0.1) is 31.3 Å². The number of methoxy groups -OCH3 is 1. The molecule has 16 heteroatoms. The maximum atomic E-state index is 12.6. The van der Waals surface area contributed by atoms with Gasteiger partial charge in [-0.05, 0) is 79.8 Å². The largest absolute Gasteiger partial charge is 0.493 e. The predicted octanol–water partition coefficient (Wildman–Crippen LogP) is 8.48. The first kappa shape index (κ1) is 41.8. The summed E-state index contributed by atoms with van der Waals surface area (Å²) in [6.45, 7) is 15.2. The summed E-state index contributed by atoms with van der Waals surface area (Å²) in [5.41, 5.74) is -0.663. The molecule has 0 bridgehead atoms. The van der Waals surface area contributed by atoms with Crippen molar-refractivity contribution in [3.63, 3.8) is 0 Å². The molecule has 1 amide bonds. The van der Waals surface area contributed by atoms with Crippen molar-refractivity contribution in [2.45, 2.75) is 79.2 Å². The lowest BCUT2D eigenvalue weighted by Gasteiger charge is -2.54. The zero-order valence-corrected chi connectivity index (χ0v) is 34.5. The Bertz CT molecular complexity index is 1940. The second-order valence-electron chi connectivity index (χ2n) is 15.8. The lowest BCUT2D eigenvalue weighted by molar-refractivity contribution is -0.144. The number of amides is 1. The topological polar surface area (TPSA) is 168 Å². The number of benzene rings is 2. The molecule has 1 aliphatic heterocycles. The number of nitrogens with one attached hydrogen (secondary N) is 2. The molecule has 3 heterocycles. The molecule has 4 N–H and O–H groups in total. The van der Waals surface area contributed by atoms with E-state index in [1.807, 2.05) is 53.7 Å². The number of phosphoric acid groups is 1. The van der Waals surface area contributed by atoms with E-state index in [1.54, 1.807) is 37.6 Å². The Hall–Kier alpha value is -3.36. The number of fused-ring (bicyclic) bond motifs is 1. The number of carbonyl (C=O) groups is 1. The van der Waals surface area contributed by atoms with E-state index >= 15 is 0 Å². The average molecular weight is 803 g/mol. The lowest BCUT2D eigenvalue weighted by atomic mass is 9.59. The second kappa shape index (κ2) is 17.2. The van der Waals surface area contributed by atoms with Crippen LogP contribution in [0.5, 0.6) is 11.5 Å². The van der Waals surface area contributed by atoms with Crippen LogP contribution in [0.4, 0.5) is 16.6 Å². The van der Waals surface area contributed by atoms with Crippen LogP contribution in [0, 0.1) is 16.7 Å². The first-order chi connectivity index (χ1) is 25.4. The SMILES string of the molecule is COc1cc2c(Nc3ncc(CC(=O)Nc4cccc(Cl)c4)s3)ncnc2cc1OCCCN1CCC(CC(OP(=O)(O)O)(C(C)(C)C)C(C)(C)C)CC1. The molecule has 1 aliphatic rings. The van der Waals surface area contributed by atoms with Crippen LogP contribution in [0.1, 0.15) is 72.1 Å². The van der Waals surface area contributed by atoms with Crippen LogP contribution in [0.15, 0.2) is 48.9 Å². The summed E-state index contributed by atoms with van der Waals surface area (Å²) in [7, 11) is -3.12. The number of nitrogens with zero attached hydrogens (tertiary/aromatic N) is 4. The maximum Gasteiger partial charge on any atom is 0.470 e. The molecule has 294 valence electrons. The van der Waals surface area contributed by atoms with E-state index in [9.17, 15) is 19.1 Å². The Morgan fingerprint density at radius 3 is 2.41 bits per heavy atom. The molecule has 1 saturated heterocycles. The first-order valence-electron chi connectivity index (χ1n) is 18.1. The summed E-state index contributed by atoms with van der Waals surface area (Å²) < 4.78 is 29.8. The maximum absolute atomic E-state index is 12.6. The van der Waals surface area contributed by atoms with Gasteiger partial charge >= 0.3 is 7.82 Å². The number of hydrogen-bond acceptors (Lipinski definition) is 11. The molecule has 0 saturated carbocycles. The van der Waals surface area contributed by atoms with E-state index in [1.165, 1.54) is 17.7 Å². The molecule has 54 heavy (non-hydrogen) atoms. The van der Waals surface area contributed by atoms with Crippen LogP contribution in [0.3, 0.4) is 0 Å². The van der Waals surface area contributed by atoms with Gasteiger partial charge in [0.15, 0.2) is 16.6 Å². The Kier molecular flexibility index (Phi) is 13.3. The minimum absolute atomic E-state index is 0.163. The van der Waals surface area contributed by atoms with Crippen LogP contribution in [-0.2, 0) is 20.3 Å². The molecule has 2 aromatic heterocycles. The molecule has 2 aromatic carbocycles. The van der Waals surface area contributed by atoms with Gasteiger partial charge in [0.25, 0.3) is 0 Å². The smallest absolute Gasteiger partial charge is 0.470 e. The average Bonchev–Trinajstić information content (AvgIpc) is 3.51. The standard InChI is InChI=1S/C38H52ClN6O7PS/c1-36(2,3)38(37(4,5)6,52-53(47,48)49)22-25-12-15-45(16-13-25)14-9-17-51-32-21-30-29(20-31(32)50-7)34(42-24-41-30)44-35-40-23-28(54-35)19-33(46)43-27-11-8-10-26(39)18-27/h8,10-11,18,20-21,23-25H,9,12-17,19,22H2,1-7H3,(H,43,46)(H2,47,48,49)(H,40,41,42,44). The Labute approximate surface area is 326 Å². The molecule has 13 nitrogen and oxygen atoms in total. The highest BCUT2D eigenvalue weighted by Crippen LogP contribution is 2.58. The van der Waals surface area contributed by atoms with Gasteiger partial charge in [0, 0.05) is 39.8 Å². The van der Waals surface area contributed by atoms with Crippen LogP contribution in [0.25, 0.3) is 10.9 Å². The summed E-state index contributed by atoms with van der Waals surface area (Å²) >= 11 is 7.39. The lowest BCUT2D eigenvalue weighted by Crippen LogP contribution is -2.56. The summed E-state index contributed by atoms with van der Waals surface area (Å²) in [5.74, 6) is 1.80. The number of halogens is 1. The van der Waals surface area contributed by atoms with Gasteiger partial charge in [-0.3, -0.25) is 9.32 Å². The van der Waals surface area contributed by atoms with Crippen LogP contribution in [-0.4, -0.2) is 74.5 Å². The molecule has 0 spiro atoms. The highest BCUT2D eigenvalue weighted by molar-refractivity contribution is 7.46. The number of anilines is 3. The minimum atomic E-state index is -4.71. The van der Waals surface area contributed by atoms with Crippen molar-refractivity contribution in [3.8, 4) is 11.5 Å². The Morgan fingerprint density at radius 2 is 1.76 bits per heavy atom. The van der Waals surface area contributed by atoms with Gasteiger partial charge in [-0.25, -0.2) is 19.5 Å². The number of aromatic nitrogens is 3. The Balaban J connectivity index is 1.14. The van der Waals surface area contributed by atoms with Gasteiger partial charge in [-0.1, -0.05) is 59.2 Å². The van der Waals surface area contributed by atoms with Crippen LogP contribution < -0.4 is 20.1 Å². The molecule has 0 aliphatic carbocycles. The number of piperidine rings is 1. The summed E-state index contributed by atoms with van der Waals surface area (Å²) in [4.78, 5) is 48.9. The Morgan fingerprint density at radius 1 is 1.04 bits per heavy atom. The number of phosphoric ester groups is 1. The highest BCUT2D eigenvalue weighted by atomic mass is 35.5. The quantitative estimate of drug-likeness (QED) is 0.0669. The zero-order valence-electron chi connectivity index (χ0n) is 32.0. The third-order valence-corrected chi connectivity index (χ3v) is 11.7. The summed E-state index contributed by atoms with van der Waals surface area (Å²) in [6, 6.07) is 10.7. The molecule has 0 radical (unpaired) electrons. The molecular formula is C38H52ClN6O7PS. The predicted molar refractivity (Wildman–Crippen MR) is 214 cm³/mol. The van der Waals surface area contributed by atoms with Crippen molar-refractivity contribution < 1.29 is 33.1 Å². The molecule has 0 unspecified atom stereocenters. The van der Waals surface area contributed by atoms with Crippen LogP contribution >= 0.6 is 30.8 Å². The van der Waals surface area contributed by atoms with E-state index in [-0.39, 0.29) is 18.2 Å². The molecular weight excluding hydrogens is 751 g/mol. The normalized spacial score (nSPS) is 15.0. The molecule has 1 fully saturated rings. The first-order valence-corrected chi connectivity index (χ1v) is 20.8. The van der Waals surface area contributed by atoms with Gasteiger partial charge in [-0.2, -0.15) is 0 Å². The van der Waals surface area contributed by atoms with Crippen molar-refractivity contribution in [1.29, 1.82) is 0 Å². The fraction of sp³-hybridized carbons (Fsp3) is 0.526. The highest BCUT2D eigenvalue weighted by Gasteiger charge is 2.56. The van der Waals surface area contributed by atoms with Gasteiger partial charge in [0.1, 0.15) is 12.1 Å². The summed E-state index contributed by atoms with van der Waals surface area (Å²) in [5, 5.41) is 7.97. The molecule has 4 aromatic rings. The van der Waals surface area contributed by atoms with Gasteiger partial charge < -0.3 is 34.8 Å². The summed E-state index contributed by atoms with van der Waals surface area (Å²) in [6.07, 6.45) is 6.54. The monoisotopic (exact) mass is 802 g/mol. The third kappa shape index (κ3) is 10.7. The number of likely N-dealkylation sites (tertiary alicyclic amines) is 1. The molecule has 5 rings (SSSR count).